The zero-order valence-electron chi connectivity index (χ0n) is 16.4. The van der Waals surface area contributed by atoms with Gasteiger partial charge in [-0.2, -0.15) is 0 Å². The highest BCUT2D eigenvalue weighted by molar-refractivity contribution is 7.99. The van der Waals surface area contributed by atoms with Crippen LogP contribution in [0.15, 0.2) is 42.1 Å². The van der Waals surface area contributed by atoms with Gasteiger partial charge in [0.05, 0.1) is 12.9 Å². The van der Waals surface area contributed by atoms with Gasteiger partial charge in [0.2, 0.25) is 5.91 Å². The van der Waals surface area contributed by atoms with Crippen LogP contribution < -0.4 is 10.1 Å². The largest absolute Gasteiger partial charge is 0.497 e. The fourth-order valence-electron chi connectivity index (χ4n) is 3.54. The standard InChI is InChI=1S/C21H28N4O2S/c1-3-13-25-19(14-16-7-5-4-6-8-16)23-24-21(25)28-15-20(26)22-17-9-11-18(27-2)12-10-17/h3,9-12,16H,1,4-8,13-15H2,2H3,(H,22,26). The second kappa shape index (κ2) is 10.3. The van der Waals surface area contributed by atoms with Gasteiger partial charge in [-0.25, -0.2) is 0 Å². The molecule has 0 aliphatic heterocycles. The average Bonchev–Trinajstić information content (AvgIpc) is 3.09. The molecule has 6 nitrogen and oxygen atoms in total. The molecule has 1 saturated carbocycles. The minimum atomic E-state index is -0.0721. The molecule has 3 rings (SSSR count). The van der Waals surface area contributed by atoms with Crippen LogP contribution in [0.2, 0.25) is 0 Å². The third-order valence-electron chi connectivity index (χ3n) is 5.01. The number of nitrogens with one attached hydrogen (secondary N) is 1. The van der Waals surface area contributed by atoms with Crippen molar-refractivity contribution in [3.8, 4) is 5.75 Å². The van der Waals surface area contributed by atoms with E-state index in [-0.39, 0.29) is 11.7 Å². The number of amides is 1. The van der Waals surface area contributed by atoms with Crippen molar-refractivity contribution in [2.24, 2.45) is 5.92 Å². The molecule has 0 spiro atoms. The van der Waals surface area contributed by atoms with E-state index in [4.69, 9.17) is 4.74 Å². The topological polar surface area (TPSA) is 69.0 Å². The van der Waals surface area contributed by atoms with Crippen molar-refractivity contribution in [1.82, 2.24) is 14.8 Å². The summed E-state index contributed by atoms with van der Waals surface area (Å²) in [6.07, 6.45) is 9.33. The number of anilines is 1. The molecule has 0 atom stereocenters. The predicted octanol–water partition coefficient (Wildman–Crippen LogP) is 4.33. The van der Waals surface area contributed by atoms with Crippen molar-refractivity contribution < 1.29 is 9.53 Å². The number of thioether (sulfide) groups is 1. The number of ether oxygens (including phenoxy) is 1. The summed E-state index contributed by atoms with van der Waals surface area (Å²) in [5.74, 6) is 2.67. The van der Waals surface area contributed by atoms with Crippen LogP contribution in [0.4, 0.5) is 5.69 Å². The molecule has 1 fully saturated rings. The molecule has 1 aromatic heterocycles. The first kappa shape index (κ1) is 20.5. The zero-order chi connectivity index (χ0) is 19.8. The van der Waals surface area contributed by atoms with Crippen molar-refractivity contribution in [3.63, 3.8) is 0 Å². The Balaban J connectivity index is 1.57. The highest BCUT2D eigenvalue weighted by Crippen LogP contribution is 2.27. The van der Waals surface area contributed by atoms with E-state index in [9.17, 15) is 4.79 Å². The van der Waals surface area contributed by atoms with Gasteiger partial charge in [-0.1, -0.05) is 49.9 Å². The Labute approximate surface area is 170 Å². The lowest BCUT2D eigenvalue weighted by molar-refractivity contribution is -0.113. The van der Waals surface area contributed by atoms with Crippen molar-refractivity contribution >= 4 is 23.4 Å². The zero-order valence-corrected chi connectivity index (χ0v) is 17.2. The molecule has 1 heterocycles. The molecule has 7 heteroatoms. The van der Waals surface area contributed by atoms with E-state index in [1.165, 1.54) is 43.9 Å². The molecule has 2 aromatic rings. The van der Waals surface area contributed by atoms with Crippen LogP contribution in [0.5, 0.6) is 5.75 Å². The number of nitrogens with zero attached hydrogens (tertiary/aromatic N) is 3. The third-order valence-corrected chi connectivity index (χ3v) is 5.97. The Kier molecular flexibility index (Phi) is 7.54. The summed E-state index contributed by atoms with van der Waals surface area (Å²) in [5, 5.41) is 12.4. The predicted molar refractivity (Wildman–Crippen MR) is 113 cm³/mol. The van der Waals surface area contributed by atoms with Gasteiger partial charge in [-0.15, -0.1) is 16.8 Å². The molecule has 150 valence electrons. The normalized spacial score (nSPS) is 14.6. The second-order valence-corrected chi connectivity index (χ2v) is 8.01. The van der Waals surface area contributed by atoms with E-state index in [0.29, 0.717) is 12.5 Å². The fourth-order valence-corrected chi connectivity index (χ4v) is 4.31. The van der Waals surface area contributed by atoms with Gasteiger partial charge in [0.25, 0.3) is 0 Å². The summed E-state index contributed by atoms with van der Waals surface area (Å²) >= 11 is 1.41. The van der Waals surface area contributed by atoms with Crippen LogP contribution in [0.25, 0.3) is 0 Å². The van der Waals surface area contributed by atoms with Gasteiger partial charge >= 0.3 is 0 Å². The van der Waals surface area contributed by atoms with Gasteiger partial charge in [-0.05, 0) is 30.2 Å². The Morgan fingerprint density at radius 1 is 1.29 bits per heavy atom. The van der Waals surface area contributed by atoms with Crippen LogP contribution in [0.3, 0.4) is 0 Å². The number of allylic oxidation sites excluding steroid dienone is 1. The van der Waals surface area contributed by atoms with Crippen molar-refractivity contribution in [2.75, 3.05) is 18.2 Å². The summed E-state index contributed by atoms with van der Waals surface area (Å²) < 4.78 is 7.22. The van der Waals surface area contributed by atoms with E-state index >= 15 is 0 Å². The average molecular weight is 401 g/mol. The van der Waals surface area contributed by atoms with E-state index < -0.39 is 0 Å². The monoisotopic (exact) mass is 400 g/mol. The maximum atomic E-state index is 12.3. The molecule has 1 N–H and O–H groups in total. The summed E-state index contributed by atoms with van der Waals surface area (Å²) in [4.78, 5) is 12.3. The third kappa shape index (κ3) is 5.61. The molecular weight excluding hydrogens is 372 g/mol. The molecule has 0 bridgehead atoms. The van der Waals surface area contributed by atoms with Crippen LogP contribution >= 0.6 is 11.8 Å². The highest BCUT2D eigenvalue weighted by Gasteiger charge is 2.19. The molecule has 0 unspecified atom stereocenters. The number of methoxy groups -OCH3 is 1. The van der Waals surface area contributed by atoms with Gasteiger partial charge in [0, 0.05) is 18.7 Å². The van der Waals surface area contributed by atoms with Crippen LogP contribution in [0, 0.1) is 5.92 Å². The Morgan fingerprint density at radius 2 is 2.04 bits per heavy atom. The molecule has 1 amide bonds. The molecule has 0 saturated heterocycles. The van der Waals surface area contributed by atoms with Crippen molar-refractivity contribution in [1.29, 1.82) is 0 Å². The molecule has 28 heavy (non-hydrogen) atoms. The molecular formula is C21H28N4O2S. The number of carbonyl (C=O) groups is 1. The Morgan fingerprint density at radius 3 is 2.71 bits per heavy atom. The van der Waals surface area contributed by atoms with Gasteiger partial charge < -0.3 is 14.6 Å². The number of rotatable bonds is 9. The summed E-state index contributed by atoms with van der Waals surface area (Å²) in [6, 6.07) is 7.29. The van der Waals surface area contributed by atoms with E-state index in [1.807, 2.05) is 30.3 Å². The van der Waals surface area contributed by atoms with Crippen LogP contribution in [0.1, 0.15) is 37.9 Å². The van der Waals surface area contributed by atoms with Crippen molar-refractivity contribution in [3.05, 3.63) is 42.7 Å². The lowest BCUT2D eigenvalue weighted by Gasteiger charge is -2.21. The first-order chi connectivity index (χ1) is 13.7. The second-order valence-electron chi connectivity index (χ2n) is 7.07. The fraction of sp³-hybridized carbons (Fsp3) is 0.476. The lowest BCUT2D eigenvalue weighted by atomic mass is 9.87. The highest BCUT2D eigenvalue weighted by atomic mass is 32.2. The number of hydrogen-bond donors (Lipinski definition) is 1. The van der Waals surface area contributed by atoms with E-state index in [0.717, 1.165) is 28.8 Å². The van der Waals surface area contributed by atoms with E-state index in [1.54, 1.807) is 7.11 Å². The summed E-state index contributed by atoms with van der Waals surface area (Å²) in [7, 11) is 1.62. The van der Waals surface area contributed by atoms with Gasteiger partial charge in [0.15, 0.2) is 5.16 Å². The molecule has 1 aliphatic carbocycles. The quantitative estimate of drug-likeness (QED) is 0.501. The summed E-state index contributed by atoms with van der Waals surface area (Å²) in [6.45, 7) is 4.52. The smallest absolute Gasteiger partial charge is 0.234 e. The number of benzene rings is 1. The number of carbonyl (C=O) groups excluding carboxylic acids is 1. The maximum Gasteiger partial charge on any atom is 0.234 e. The van der Waals surface area contributed by atoms with Crippen molar-refractivity contribution in [2.45, 2.75) is 50.2 Å². The first-order valence-corrected chi connectivity index (χ1v) is 10.8. The Bertz CT molecular complexity index is 782. The molecule has 1 aliphatic rings. The Hall–Kier alpha value is -2.28. The number of hydrogen-bond acceptors (Lipinski definition) is 5. The lowest BCUT2D eigenvalue weighted by Crippen LogP contribution is -2.15. The minimum absolute atomic E-state index is 0.0721. The van der Waals surface area contributed by atoms with Gasteiger partial charge in [-0.3, -0.25) is 4.79 Å². The van der Waals surface area contributed by atoms with Crippen LogP contribution in [-0.2, 0) is 17.8 Å². The first-order valence-electron chi connectivity index (χ1n) is 9.79. The van der Waals surface area contributed by atoms with Crippen LogP contribution in [-0.4, -0.2) is 33.5 Å². The SMILES string of the molecule is C=CCn1c(CC2CCCCC2)nnc1SCC(=O)Nc1ccc(OC)cc1. The summed E-state index contributed by atoms with van der Waals surface area (Å²) in [5.41, 5.74) is 0.747. The van der Waals surface area contributed by atoms with E-state index in [2.05, 4.69) is 26.7 Å². The molecule has 0 radical (unpaired) electrons. The number of aromatic nitrogens is 3. The minimum Gasteiger partial charge on any atom is -0.497 e. The van der Waals surface area contributed by atoms with Gasteiger partial charge in [0.1, 0.15) is 11.6 Å². The maximum absolute atomic E-state index is 12.3. The molecule has 1 aromatic carbocycles.